The van der Waals surface area contributed by atoms with E-state index in [1.807, 2.05) is 38.1 Å². The van der Waals surface area contributed by atoms with E-state index in [9.17, 15) is 5.11 Å². The Hall–Kier alpha value is -1.58. The molecule has 2 N–H and O–H groups in total. The largest absolute Gasteiger partial charge is 0.505 e. The molecule has 0 aliphatic heterocycles. The first kappa shape index (κ1) is 15.8. The third-order valence-electron chi connectivity index (χ3n) is 3.09. The van der Waals surface area contributed by atoms with Crippen LogP contribution in [0.5, 0.6) is 11.5 Å². The third-order valence-corrected chi connectivity index (χ3v) is 3.67. The van der Waals surface area contributed by atoms with E-state index >= 15 is 0 Å². The lowest BCUT2D eigenvalue weighted by atomic mass is 10.1. The van der Waals surface area contributed by atoms with Crippen molar-refractivity contribution in [3.63, 3.8) is 0 Å². The van der Waals surface area contributed by atoms with Crippen molar-refractivity contribution in [1.82, 2.24) is 0 Å². The number of aromatic hydroxyl groups is 1. The Morgan fingerprint density at radius 2 is 1.71 bits per heavy atom. The number of phenolic OH excluding ortho intramolecular Hbond substituents is 1. The highest BCUT2D eigenvalue weighted by atomic mass is 35.5. The quantitative estimate of drug-likeness (QED) is 0.735. The number of hydrogen-bond acceptors (Lipinski definition) is 3. The van der Waals surface area contributed by atoms with Gasteiger partial charge in [0.15, 0.2) is 5.75 Å². The molecule has 2 aromatic rings. The van der Waals surface area contributed by atoms with Gasteiger partial charge in [-0.3, -0.25) is 0 Å². The van der Waals surface area contributed by atoms with Crippen LogP contribution >= 0.6 is 23.2 Å². The van der Waals surface area contributed by atoms with E-state index in [4.69, 9.17) is 27.9 Å². The van der Waals surface area contributed by atoms with Crippen LogP contribution in [0.2, 0.25) is 10.0 Å². The summed E-state index contributed by atoms with van der Waals surface area (Å²) >= 11 is 11.8. The van der Waals surface area contributed by atoms with Gasteiger partial charge in [0.05, 0.1) is 16.7 Å². The number of ether oxygens (including phenoxy) is 1. The molecule has 0 saturated heterocycles. The molecule has 0 amide bonds. The topological polar surface area (TPSA) is 41.5 Å². The maximum absolute atomic E-state index is 9.56. The molecule has 112 valence electrons. The second kappa shape index (κ2) is 6.92. The predicted molar refractivity (Wildman–Crippen MR) is 87.8 cm³/mol. The van der Waals surface area contributed by atoms with Gasteiger partial charge in [-0.25, -0.2) is 0 Å². The van der Waals surface area contributed by atoms with Gasteiger partial charge in [-0.15, -0.1) is 0 Å². The van der Waals surface area contributed by atoms with Crippen molar-refractivity contribution in [1.29, 1.82) is 0 Å². The predicted octanol–water partition coefficient (Wildman–Crippen LogP) is 5.27. The molecule has 3 nitrogen and oxygen atoms in total. The van der Waals surface area contributed by atoms with Gasteiger partial charge in [-0.2, -0.15) is 0 Å². The van der Waals surface area contributed by atoms with Crippen molar-refractivity contribution in [2.75, 3.05) is 11.9 Å². The lowest BCUT2D eigenvalue weighted by Crippen LogP contribution is -2.06. The lowest BCUT2D eigenvalue weighted by molar-refractivity contribution is 0.340. The summed E-state index contributed by atoms with van der Waals surface area (Å²) < 4.78 is 5.42. The van der Waals surface area contributed by atoms with E-state index in [1.165, 1.54) is 0 Å². The van der Waals surface area contributed by atoms with E-state index in [0.717, 1.165) is 17.0 Å². The van der Waals surface area contributed by atoms with Crippen LogP contribution in [-0.2, 0) is 0 Å². The highest BCUT2D eigenvalue weighted by Crippen LogP contribution is 2.35. The molecule has 1 atom stereocenters. The van der Waals surface area contributed by atoms with Gasteiger partial charge in [-0.05, 0) is 43.7 Å². The van der Waals surface area contributed by atoms with Gasteiger partial charge < -0.3 is 15.2 Å². The fourth-order valence-corrected chi connectivity index (χ4v) is 2.49. The van der Waals surface area contributed by atoms with E-state index in [0.29, 0.717) is 6.61 Å². The monoisotopic (exact) mass is 325 g/mol. The minimum absolute atomic E-state index is 0.0670. The lowest BCUT2D eigenvalue weighted by Gasteiger charge is -2.17. The molecule has 2 rings (SSSR count). The summed E-state index contributed by atoms with van der Waals surface area (Å²) in [6, 6.07) is 11.2. The highest BCUT2D eigenvalue weighted by Gasteiger charge is 2.10. The third kappa shape index (κ3) is 3.96. The molecule has 0 aromatic heterocycles. The van der Waals surface area contributed by atoms with Gasteiger partial charge in [0.25, 0.3) is 0 Å². The Bertz CT molecular complexity index is 591. The second-order valence-corrected chi connectivity index (χ2v) is 5.47. The van der Waals surface area contributed by atoms with Crippen molar-refractivity contribution in [2.45, 2.75) is 19.9 Å². The van der Waals surface area contributed by atoms with Crippen molar-refractivity contribution in [3.05, 3.63) is 52.0 Å². The number of phenols is 1. The average Bonchev–Trinajstić information content (AvgIpc) is 2.45. The molecule has 0 aliphatic carbocycles. The van der Waals surface area contributed by atoms with E-state index < -0.39 is 0 Å². The van der Waals surface area contributed by atoms with Gasteiger partial charge in [0.2, 0.25) is 0 Å². The molecule has 0 radical (unpaired) electrons. The maximum atomic E-state index is 9.56. The SMILES string of the molecule is CCOc1ccc(C(C)Nc2cc(Cl)c(O)c(Cl)c2)cc1. The van der Waals surface area contributed by atoms with Crippen LogP contribution in [0.25, 0.3) is 0 Å². The minimum Gasteiger partial charge on any atom is -0.505 e. The second-order valence-electron chi connectivity index (χ2n) is 4.66. The van der Waals surface area contributed by atoms with Crippen LogP contribution in [0.1, 0.15) is 25.5 Å². The number of nitrogens with one attached hydrogen (secondary N) is 1. The first-order chi connectivity index (χ1) is 10.0. The number of halogens is 2. The van der Waals surface area contributed by atoms with Crippen molar-refractivity contribution >= 4 is 28.9 Å². The molecule has 0 spiro atoms. The number of hydrogen-bond donors (Lipinski definition) is 2. The fourth-order valence-electron chi connectivity index (χ4n) is 2.00. The van der Waals surface area contributed by atoms with Gasteiger partial charge in [-0.1, -0.05) is 35.3 Å². The van der Waals surface area contributed by atoms with Crippen molar-refractivity contribution in [2.24, 2.45) is 0 Å². The molecule has 0 saturated carbocycles. The molecule has 1 unspecified atom stereocenters. The molecule has 21 heavy (non-hydrogen) atoms. The van der Waals surface area contributed by atoms with Crippen LogP contribution in [-0.4, -0.2) is 11.7 Å². The summed E-state index contributed by atoms with van der Waals surface area (Å²) in [4.78, 5) is 0. The van der Waals surface area contributed by atoms with E-state index in [-0.39, 0.29) is 21.8 Å². The summed E-state index contributed by atoms with van der Waals surface area (Å²) in [7, 11) is 0. The first-order valence-electron chi connectivity index (χ1n) is 6.68. The zero-order valence-electron chi connectivity index (χ0n) is 11.9. The Labute approximate surface area is 134 Å². The van der Waals surface area contributed by atoms with Crippen LogP contribution in [0.15, 0.2) is 36.4 Å². The van der Waals surface area contributed by atoms with E-state index in [2.05, 4.69) is 5.32 Å². The van der Waals surface area contributed by atoms with Crippen molar-refractivity contribution in [3.8, 4) is 11.5 Å². The minimum atomic E-state index is -0.0994. The zero-order chi connectivity index (χ0) is 15.4. The summed E-state index contributed by atoms with van der Waals surface area (Å²) in [5, 5.41) is 13.3. The Morgan fingerprint density at radius 1 is 1.14 bits per heavy atom. The smallest absolute Gasteiger partial charge is 0.152 e. The Morgan fingerprint density at radius 3 is 2.24 bits per heavy atom. The number of benzene rings is 2. The molecular weight excluding hydrogens is 309 g/mol. The molecule has 0 aliphatic rings. The Balaban J connectivity index is 2.12. The summed E-state index contributed by atoms with van der Waals surface area (Å²) in [5.41, 5.74) is 1.86. The molecule has 0 fully saturated rings. The molecule has 5 heteroatoms. The zero-order valence-corrected chi connectivity index (χ0v) is 13.4. The van der Waals surface area contributed by atoms with E-state index in [1.54, 1.807) is 12.1 Å². The standard InChI is InChI=1S/C16H17Cl2NO2/c1-3-21-13-6-4-11(5-7-13)10(2)19-12-8-14(17)16(20)15(18)9-12/h4-10,19-20H,3H2,1-2H3. The summed E-state index contributed by atoms with van der Waals surface area (Å²) in [5.74, 6) is 0.752. The van der Waals surface area contributed by atoms with Gasteiger partial charge in [0.1, 0.15) is 5.75 Å². The van der Waals surface area contributed by atoms with Crippen LogP contribution < -0.4 is 10.1 Å². The number of anilines is 1. The van der Waals surface area contributed by atoms with Crippen molar-refractivity contribution < 1.29 is 9.84 Å². The fraction of sp³-hybridized carbons (Fsp3) is 0.250. The normalized spacial score (nSPS) is 12.0. The van der Waals surface area contributed by atoms with Gasteiger partial charge in [0, 0.05) is 11.7 Å². The average molecular weight is 326 g/mol. The maximum Gasteiger partial charge on any atom is 0.152 e. The van der Waals surface area contributed by atoms with Crippen LogP contribution in [0.4, 0.5) is 5.69 Å². The number of rotatable bonds is 5. The Kier molecular flexibility index (Phi) is 5.21. The van der Waals surface area contributed by atoms with Crippen LogP contribution in [0.3, 0.4) is 0 Å². The van der Waals surface area contributed by atoms with Gasteiger partial charge >= 0.3 is 0 Å². The molecule has 0 heterocycles. The summed E-state index contributed by atoms with van der Waals surface area (Å²) in [6.07, 6.45) is 0. The molecule has 0 bridgehead atoms. The molecule has 2 aromatic carbocycles. The first-order valence-corrected chi connectivity index (χ1v) is 7.44. The van der Waals surface area contributed by atoms with Crippen LogP contribution in [0, 0.1) is 0 Å². The molecular formula is C16H17Cl2NO2. The summed E-state index contributed by atoms with van der Waals surface area (Å²) in [6.45, 7) is 4.64. The highest BCUT2D eigenvalue weighted by molar-refractivity contribution is 6.37.